The van der Waals surface area contributed by atoms with Gasteiger partial charge in [0.1, 0.15) is 11.6 Å². The number of aryl methyl sites for hydroxylation is 1. The summed E-state index contributed by atoms with van der Waals surface area (Å²) in [5.41, 5.74) is 5.66. The van der Waals surface area contributed by atoms with Gasteiger partial charge in [0.15, 0.2) is 5.16 Å². The lowest BCUT2D eigenvalue weighted by molar-refractivity contribution is -0.118. The molecule has 8 nitrogen and oxygen atoms in total. The maximum atomic E-state index is 12.2. The van der Waals surface area contributed by atoms with Gasteiger partial charge in [0.25, 0.3) is 0 Å². The Morgan fingerprint density at radius 1 is 1.24 bits per heavy atom. The number of primary amides is 1. The van der Waals surface area contributed by atoms with Gasteiger partial charge in [-0.1, -0.05) is 25.6 Å². The molecule has 0 atom stereocenters. The number of amides is 2. The minimum atomic E-state index is -2.90. The number of thioether (sulfide) groups is 1. The van der Waals surface area contributed by atoms with Gasteiger partial charge in [0.05, 0.1) is 5.75 Å². The van der Waals surface area contributed by atoms with E-state index in [9.17, 15) is 18.4 Å². The van der Waals surface area contributed by atoms with Gasteiger partial charge in [-0.25, -0.2) is 0 Å². The molecule has 1 aromatic carbocycles. The minimum absolute atomic E-state index is 0.0117. The van der Waals surface area contributed by atoms with E-state index in [1.165, 1.54) is 36.0 Å². The number of anilines is 1. The lowest BCUT2D eigenvalue weighted by Crippen LogP contribution is -2.16. The molecule has 0 bridgehead atoms. The van der Waals surface area contributed by atoms with Gasteiger partial charge in [0, 0.05) is 25.1 Å². The van der Waals surface area contributed by atoms with Crippen LogP contribution in [0.4, 0.5) is 14.5 Å². The molecule has 0 aliphatic carbocycles. The van der Waals surface area contributed by atoms with E-state index < -0.39 is 12.5 Å². The molecule has 3 N–H and O–H groups in total. The second kappa shape index (κ2) is 10.7. The topological polar surface area (TPSA) is 112 Å². The molecule has 2 aromatic rings. The highest BCUT2D eigenvalue weighted by atomic mass is 32.2. The second-order valence-electron chi connectivity index (χ2n) is 6.61. The Labute approximate surface area is 171 Å². The van der Waals surface area contributed by atoms with Crippen molar-refractivity contribution in [1.82, 2.24) is 14.8 Å². The average molecular weight is 427 g/mol. The quantitative estimate of drug-likeness (QED) is 0.533. The highest BCUT2D eigenvalue weighted by Gasteiger charge is 2.16. The van der Waals surface area contributed by atoms with Crippen LogP contribution in [0, 0.1) is 5.92 Å². The zero-order valence-electron chi connectivity index (χ0n) is 16.1. The molecule has 0 aliphatic heterocycles. The Morgan fingerprint density at radius 3 is 2.52 bits per heavy atom. The molecular formula is C18H23F2N5O3S. The number of nitrogens with two attached hydrogens (primary N) is 1. The summed E-state index contributed by atoms with van der Waals surface area (Å²) >= 11 is 1.22. The van der Waals surface area contributed by atoms with Crippen LogP contribution in [0.5, 0.6) is 5.75 Å². The number of halogens is 2. The van der Waals surface area contributed by atoms with Crippen LogP contribution in [-0.2, 0) is 22.6 Å². The van der Waals surface area contributed by atoms with E-state index in [-0.39, 0.29) is 23.8 Å². The number of hydrogen-bond donors (Lipinski definition) is 2. The molecule has 0 saturated heterocycles. The first-order valence-electron chi connectivity index (χ1n) is 8.92. The smallest absolute Gasteiger partial charge is 0.387 e. The Bertz CT molecular complexity index is 827. The highest BCUT2D eigenvalue weighted by molar-refractivity contribution is 7.99. The monoisotopic (exact) mass is 427 g/mol. The number of nitrogens with one attached hydrogen (secondary N) is 1. The molecule has 0 aliphatic rings. The normalized spacial score (nSPS) is 11.1. The van der Waals surface area contributed by atoms with Crippen molar-refractivity contribution in [2.75, 3.05) is 11.1 Å². The first-order valence-corrected chi connectivity index (χ1v) is 9.91. The predicted octanol–water partition coefficient (Wildman–Crippen LogP) is 2.68. The predicted molar refractivity (Wildman–Crippen MR) is 105 cm³/mol. The van der Waals surface area contributed by atoms with Gasteiger partial charge in [-0.3, -0.25) is 9.59 Å². The van der Waals surface area contributed by atoms with Gasteiger partial charge in [-0.05, 0) is 30.2 Å². The van der Waals surface area contributed by atoms with Crippen LogP contribution >= 0.6 is 11.8 Å². The molecule has 1 heterocycles. The number of alkyl halides is 2. The molecule has 29 heavy (non-hydrogen) atoms. The van der Waals surface area contributed by atoms with Crippen molar-refractivity contribution < 1.29 is 23.1 Å². The number of rotatable bonds is 11. The maximum absolute atomic E-state index is 12.2. The number of ether oxygens (including phenoxy) is 1. The highest BCUT2D eigenvalue weighted by Crippen LogP contribution is 2.21. The summed E-state index contributed by atoms with van der Waals surface area (Å²) in [7, 11) is 0. The van der Waals surface area contributed by atoms with Crippen LogP contribution in [0.3, 0.4) is 0 Å². The van der Waals surface area contributed by atoms with E-state index >= 15 is 0 Å². The van der Waals surface area contributed by atoms with Gasteiger partial charge >= 0.3 is 6.61 Å². The van der Waals surface area contributed by atoms with E-state index in [2.05, 4.69) is 20.3 Å². The largest absolute Gasteiger partial charge is 0.435 e. The van der Waals surface area contributed by atoms with E-state index in [1.807, 2.05) is 18.4 Å². The number of carbonyl (C=O) groups excluding carboxylic acids is 2. The average Bonchev–Trinajstić information content (AvgIpc) is 3.00. The summed E-state index contributed by atoms with van der Waals surface area (Å²) in [5.74, 6) is 0.368. The Hall–Kier alpha value is -2.69. The van der Waals surface area contributed by atoms with Crippen molar-refractivity contribution in [3.8, 4) is 5.75 Å². The SMILES string of the molecule is CC(C)Cn1c(CCC(N)=O)nnc1SCC(=O)Nc1ccc(OC(F)F)cc1. The van der Waals surface area contributed by atoms with Gasteiger partial charge in [-0.15, -0.1) is 10.2 Å². The summed E-state index contributed by atoms with van der Waals surface area (Å²) in [6.07, 6.45) is 0.557. The van der Waals surface area contributed by atoms with E-state index in [0.29, 0.717) is 35.6 Å². The molecule has 1 aromatic heterocycles. The molecule has 0 spiro atoms. The molecule has 158 valence electrons. The van der Waals surface area contributed by atoms with Crippen molar-refractivity contribution in [3.05, 3.63) is 30.1 Å². The first-order chi connectivity index (χ1) is 13.7. The lowest BCUT2D eigenvalue weighted by atomic mass is 10.2. The fourth-order valence-corrected chi connectivity index (χ4v) is 3.21. The van der Waals surface area contributed by atoms with Gasteiger partial charge in [0.2, 0.25) is 11.8 Å². The van der Waals surface area contributed by atoms with Crippen LogP contribution in [-0.4, -0.2) is 38.9 Å². The fourth-order valence-electron chi connectivity index (χ4n) is 2.44. The molecule has 2 rings (SSSR count). The zero-order chi connectivity index (χ0) is 21.4. The first kappa shape index (κ1) is 22.6. The molecule has 2 amide bonds. The van der Waals surface area contributed by atoms with E-state index in [4.69, 9.17) is 5.73 Å². The van der Waals surface area contributed by atoms with Crippen molar-refractivity contribution in [3.63, 3.8) is 0 Å². The third-order valence-corrected chi connectivity index (χ3v) is 4.60. The summed E-state index contributed by atoms with van der Waals surface area (Å²) in [6.45, 7) is 1.83. The molecule has 0 unspecified atom stereocenters. The summed E-state index contributed by atoms with van der Waals surface area (Å²) in [4.78, 5) is 23.2. The van der Waals surface area contributed by atoms with Crippen LogP contribution in [0.25, 0.3) is 0 Å². The van der Waals surface area contributed by atoms with E-state index in [0.717, 1.165) is 0 Å². The third kappa shape index (κ3) is 7.68. The van der Waals surface area contributed by atoms with Crippen LogP contribution in [0.15, 0.2) is 29.4 Å². The summed E-state index contributed by atoms with van der Waals surface area (Å²) in [6, 6.07) is 5.64. The van der Waals surface area contributed by atoms with Gasteiger partial charge < -0.3 is 20.4 Å². The van der Waals surface area contributed by atoms with Crippen LogP contribution < -0.4 is 15.8 Å². The van der Waals surface area contributed by atoms with Gasteiger partial charge in [-0.2, -0.15) is 8.78 Å². The number of benzene rings is 1. The van der Waals surface area contributed by atoms with Crippen molar-refractivity contribution in [2.24, 2.45) is 11.7 Å². The van der Waals surface area contributed by atoms with Crippen molar-refractivity contribution in [2.45, 2.75) is 45.0 Å². The minimum Gasteiger partial charge on any atom is -0.435 e. The van der Waals surface area contributed by atoms with E-state index in [1.54, 1.807) is 0 Å². The Balaban J connectivity index is 1.95. The number of hydrogen-bond acceptors (Lipinski definition) is 6. The molecule has 11 heteroatoms. The fraction of sp³-hybridized carbons (Fsp3) is 0.444. The number of nitrogens with zero attached hydrogens (tertiary/aromatic N) is 3. The lowest BCUT2D eigenvalue weighted by Gasteiger charge is -2.12. The molecular weight excluding hydrogens is 404 g/mol. The second-order valence-corrected chi connectivity index (χ2v) is 7.55. The molecule has 0 saturated carbocycles. The standard InChI is InChI=1S/C18H23F2N5O3S/c1-11(2)9-25-15(8-7-14(21)26)23-24-18(25)29-10-16(27)22-12-3-5-13(6-4-12)28-17(19)20/h3-6,11,17H,7-10H2,1-2H3,(H2,21,26)(H,22,27). The van der Waals surface area contributed by atoms with Crippen molar-refractivity contribution in [1.29, 1.82) is 0 Å². The molecule has 0 radical (unpaired) electrons. The van der Waals surface area contributed by atoms with Crippen LogP contribution in [0.2, 0.25) is 0 Å². The molecule has 0 fully saturated rings. The summed E-state index contributed by atoms with van der Waals surface area (Å²) in [5, 5.41) is 11.5. The zero-order valence-corrected chi connectivity index (χ0v) is 16.9. The Kier molecular flexibility index (Phi) is 8.37. The number of carbonyl (C=O) groups is 2. The summed E-state index contributed by atoms with van der Waals surface area (Å²) < 4.78 is 30.5. The third-order valence-electron chi connectivity index (χ3n) is 3.63. The maximum Gasteiger partial charge on any atom is 0.387 e. The number of aromatic nitrogens is 3. The Morgan fingerprint density at radius 2 is 1.93 bits per heavy atom. The van der Waals surface area contributed by atoms with Crippen molar-refractivity contribution >= 4 is 29.3 Å². The van der Waals surface area contributed by atoms with Crippen LogP contribution in [0.1, 0.15) is 26.1 Å².